The molecule has 3 N–H and O–H groups in total. The van der Waals surface area contributed by atoms with Crippen molar-refractivity contribution >= 4 is 28.5 Å². The highest BCUT2D eigenvalue weighted by Gasteiger charge is 2.51. The van der Waals surface area contributed by atoms with Crippen molar-refractivity contribution in [2.75, 3.05) is 18.4 Å². The second-order valence-electron chi connectivity index (χ2n) is 8.29. The number of piperidine rings is 1. The Morgan fingerprint density at radius 2 is 1.82 bits per heavy atom. The lowest BCUT2D eigenvalue weighted by Crippen LogP contribution is -2.55. The van der Waals surface area contributed by atoms with E-state index in [0.29, 0.717) is 11.6 Å². The number of nitrogens with one attached hydrogen (secondary N) is 1. The summed E-state index contributed by atoms with van der Waals surface area (Å²) in [5, 5.41) is 24.8. The Morgan fingerprint density at radius 3 is 2.50 bits per heavy atom. The lowest BCUT2D eigenvalue weighted by Gasteiger charge is -2.40. The summed E-state index contributed by atoms with van der Waals surface area (Å²) in [6.45, 7) is 5.69. The number of thioether (sulfide) groups is 1. The molecule has 2 heterocycles. The van der Waals surface area contributed by atoms with Crippen molar-refractivity contribution in [2.45, 2.75) is 63.0 Å². The van der Waals surface area contributed by atoms with Crippen LogP contribution in [0.2, 0.25) is 0 Å². The first-order chi connectivity index (χ1) is 13.4. The van der Waals surface area contributed by atoms with Crippen molar-refractivity contribution in [3.05, 3.63) is 29.3 Å². The molecular weight excluding hydrogens is 374 g/mol. The van der Waals surface area contributed by atoms with Gasteiger partial charge in [-0.05, 0) is 62.8 Å². The second-order valence-corrected chi connectivity index (χ2v) is 9.46. The van der Waals surface area contributed by atoms with Crippen LogP contribution in [-0.2, 0) is 4.79 Å². The van der Waals surface area contributed by atoms with Crippen LogP contribution in [0.15, 0.2) is 23.2 Å². The fourth-order valence-corrected chi connectivity index (χ4v) is 5.98. The van der Waals surface area contributed by atoms with Gasteiger partial charge in [0.2, 0.25) is 5.91 Å². The van der Waals surface area contributed by atoms with Gasteiger partial charge in [0.1, 0.15) is 6.10 Å². The number of nitrogens with zero attached hydrogens (tertiary/aromatic N) is 2. The number of benzene rings is 1. The Kier molecular flexibility index (Phi) is 5.67. The summed E-state index contributed by atoms with van der Waals surface area (Å²) in [4.78, 5) is 19.7. The van der Waals surface area contributed by atoms with E-state index < -0.39 is 18.2 Å². The van der Waals surface area contributed by atoms with Gasteiger partial charge in [-0.3, -0.25) is 9.79 Å². The molecule has 1 saturated carbocycles. The van der Waals surface area contributed by atoms with E-state index in [1.165, 1.54) is 18.2 Å². The van der Waals surface area contributed by atoms with Crippen LogP contribution in [0, 0.1) is 19.8 Å². The maximum atomic E-state index is 13.2. The summed E-state index contributed by atoms with van der Waals surface area (Å²) in [5.41, 5.74) is 3.28. The van der Waals surface area contributed by atoms with E-state index in [1.54, 1.807) is 0 Å². The maximum Gasteiger partial charge on any atom is 0.226 e. The normalized spacial score (nSPS) is 32.6. The Labute approximate surface area is 170 Å². The summed E-state index contributed by atoms with van der Waals surface area (Å²) in [6.07, 6.45) is 1.72. The molecule has 152 valence electrons. The third kappa shape index (κ3) is 3.93. The van der Waals surface area contributed by atoms with Crippen molar-refractivity contribution in [3.63, 3.8) is 0 Å². The van der Waals surface area contributed by atoms with Crippen LogP contribution in [0.5, 0.6) is 0 Å². The molecule has 1 aromatic rings. The highest BCUT2D eigenvalue weighted by molar-refractivity contribution is 8.15. The van der Waals surface area contributed by atoms with Crippen molar-refractivity contribution in [3.8, 4) is 0 Å². The van der Waals surface area contributed by atoms with Crippen molar-refractivity contribution in [1.29, 1.82) is 0 Å². The molecule has 1 amide bonds. The molecule has 28 heavy (non-hydrogen) atoms. The molecule has 6 nitrogen and oxygen atoms in total. The number of likely N-dealkylation sites (tertiary alicyclic amines) is 1. The first-order valence-electron chi connectivity index (χ1n) is 10.2. The molecular formula is C21H29N3O3S. The molecule has 7 heteroatoms. The molecule has 1 aliphatic carbocycles. The average molecular weight is 404 g/mol. The summed E-state index contributed by atoms with van der Waals surface area (Å²) in [5.74, 6) is -0.204. The van der Waals surface area contributed by atoms with Gasteiger partial charge in [0.15, 0.2) is 5.17 Å². The lowest BCUT2D eigenvalue weighted by atomic mass is 9.80. The zero-order chi connectivity index (χ0) is 19.8. The smallest absolute Gasteiger partial charge is 0.226 e. The Morgan fingerprint density at radius 1 is 1.14 bits per heavy atom. The van der Waals surface area contributed by atoms with Crippen molar-refractivity contribution in [1.82, 2.24) is 4.90 Å². The fourth-order valence-electron chi connectivity index (χ4n) is 4.61. The molecule has 2 fully saturated rings. The molecule has 0 radical (unpaired) electrons. The number of aliphatic hydroxyl groups excluding tert-OH is 2. The van der Waals surface area contributed by atoms with Gasteiger partial charge >= 0.3 is 0 Å². The predicted molar refractivity (Wildman–Crippen MR) is 113 cm³/mol. The van der Waals surface area contributed by atoms with Crippen LogP contribution >= 0.6 is 11.8 Å². The number of amides is 1. The highest BCUT2D eigenvalue weighted by Crippen LogP contribution is 2.42. The minimum atomic E-state index is -0.929. The summed E-state index contributed by atoms with van der Waals surface area (Å²) in [6, 6.07) is 5.77. The second kappa shape index (κ2) is 8.05. The predicted octanol–water partition coefficient (Wildman–Crippen LogP) is 2.31. The monoisotopic (exact) mass is 403 g/mol. The van der Waals surface area contributed by atoms with E-state index in [0.717, 1.165) is 42.7 Å². The van der Waals surface area contributed by atoms with Crippen LogP contribution in [0.3, 0.4) is 0 Å². The van der Waals surface area contributed by atoms with Gasteiger partial charge in [0.25, 0.3) is 0 Å². The zero-order valence-electron chi connectivity index (χ0n) is 16.5. The van der Waals surface area contributed by atoms with Gasteiger partial charge in [0.05, 0.1) is 18.1 Å². The number of fused-ring (bicyclic) bond motifs is 1. The topological polar surface area (TPSA) is 85.2 Å². The molecule has 5 atom stereocenters. The maximum absolute atomic E-state index is 13.2. The third-order valence-corrected chi connectivity index (χ3v) is 7.25. The summed E-state index contributed by atoms with van der Waals surface area (Å²) in [7, 11) is 0. The fraction of sp³-hybridized carbons (Fsp3) is 0.619. The van der Waals surface area contributed by atoms with Gasteiger partial charge in [0, 0.05) is 24.0 Å². The molecule has 0 unspecified atom stereocenters. The van der Waals surface area contributed by atoms with E-state index in [4.69, 9.17) is 0 Å². The number of anilines is 1. The highest BCUT2D eigenvalue weighted by atomic mass is 32.2. The number of aliphatic imine (C=N–C) groups is 1. The van der Waals surface area contributed by atoms with E-state index in [-0.39, 0.29) is 17.1 Å². The van der Waals surface area contributed by atoms with Crippen LogP contribution in [0.4, 0.5) is 5.69 Å². The number of carbonyl (C=O) groups is 1. The number of hydrogen-bond acceptors (Lipinski definition) is 6. The lowest BCUT2D eigenvalue weighted by molar-refractivity contribution is -0.141. The van der Waals surface area contributed by atoms with Gasteiger partial charge in [-0.25, -0.2) is 0 Å². The first-order valence-corrected chi connectivity index (χ1v) is 11.0. The number of amidine groups is 1. The minimum absolute atomic E-state index is 0.107. The van der Waals surface area contributed by atoms with Gasteiger partial charge in [-0.1, -0.05) is 17.8 Å². The average Bonchev–Trinajstić information content (AvgIpc) is 3.08. The van der Waals surface area contributed by atoms with E-state index >= 15 is 0 Å². The molecule has 4 rings (SSSR count). The Bertz CT molecular complexity index is 758. The van der Waals surface area contributed by atoms with E-state index in [1.807, 2.05) is 4.90 Å². The number of carbonyl (C=O) groups excluding carboxylic acids is 1. The summed E-state index contributed by atoms with van der Waals surface area (Å²) >= 11 is 1.53. The number of hydrogen-bond donors (Lipinski definition) is 3. The first kappa shape index (κ1) is 19.7. The van der Waals surface area contributed by atoms with Crippen LogP contribution < -0.4 is 5.32 Å². The van der Waals surface area contributed by atoms with Gasteiger partial charge in [-0.2, -0.15) is 0 Å². The minimum Gasteiger partial charge on any atom is -0.390 e. The van der Waals surface area contributed by atoms with Crippen LogP contribution in [0.25, 0.3) is 0 Å². The Hall–Kier alpha value is -1.57. The zero-order valence-corrected chi connectivity index (χ0v) is 17.3. The van der Waals surface area contributed by atoms with Crippen LogP contribution in [0.1, 0.15) is 36.8 Å². The number of rotatable bonds is 2. The van der Waals surface area contributed by atoms with Gasteiger partial charge in [-0.15, -0.1) is 0 Å². The van der Waals surface area contributed by atoms with Gasteiger partial charge < -0.3 is 20.4 Å². The molecule has 0 spiro atoms. The Balaban J connectivity index is 1.52. The molecule has 1 aromatic carbocycles. The van der Waals surface area contributed by atoms with Crippen LogP contribution in [-0.4, -0.2) is 62.8 Å². The molecule has 3 aliphatic rings. The number of aryl methyl sites for hydroxylation is 2. The van der Waals surface area contributed by atoms with Crippen molar-refractivity contribution in [2.24, 2.45) is 10.9 Å². The van der Waals surface area contributed by atoms with Crippen molar-refractivity contribution < 1.29 is 15.0 Å². The quantitative estimate of drug-likeness (QED) is 0.706. The van der Waals surface area contributed by atoms with E-state index in [2.05, 4.69) is 42.4 Å². The molecule has 1 saturated heterocycles. The molecule has 0 aromatic heterocycles. The summed E-state index contributed by atoms with van der Waals surface area (Å²) < 4.78 is 0. The third-order valence-electron chi connectivity index (χ3n) is 5.94. The van der Waals surface area contributed by atoms with E-state index in [9.17, 15) is 15.0 Å². The number of aliphatic hydroxyl groups is 2. The SMILES string of the molecule is Cc1cc(C)cc(NC2=N[C@@H]3[C@@H](O)[C@H](O)C[C@H](C(=O)N4CCCCC4)[C@H]3S2)c1. The molecule has 2 aliphatic heterocycles. The largest absolute Gasteiger partial charge is 0.390 e. The molecule has 0 bridgehead atoms. The standard InChI is InChI=1S/C21H29N3O3S/c1-12-8-13(2)10-14(9-12)22-21-23-17-18(26)16(25)11-15(19(17)28-21)20(27)24-6-4-3-5-7-24/h8-10,15-19,25-26H,3-7,11H2,1-2H3,(H,22,23)/t15-,16+,17+,18-,19+/m0/s1.